The topological polar surface area (TPSA) is 59.6 Å². The highest BCUT2D eigenvalue weighted by Gasteiger charge is 2.26. The van der Waals surface area contributed by atoms with E-state index in [1.54, 1.807) is 16.7 Å². The SMILES string of the molecule is Cc1nn(CC(=O)N2C[C@H](C)C[C@H](C)C2)c(=O)c2cccn12. The Balaban J connectivity index is 1.85. The fraction of sp³-hybridized carbons (Fsp3) is 0.562. The Morgan fingerprint density at radius 2 is 2.00 bits per heavy atom. The van der Waals surface area contributed by atoms with E-state index < -0.39 is 0 Å². The Hall–Kier alpha value is -2.11. The van der Waals surface area contributed by atoms with E-state index in [4.69, 9.17) is 0 Å². The van der Waals surface area contributed by atoms with Gasteiger partial charge in [0.05, 0.1) is 0 Å². The lowest BCUT2D eigenvalue weighted by atomic mass is 9.92. The molecule has 1 amide bonds. The molecular weight excluding hydrogens is 280 g/mol. The second kappa shape index (κ2) is 5.59. The van der Waals surface area contributed by atoms with Gasteiger partial charge in [-0.05, 0) is 37.3 Å². The summed E-state index contributed by atoms with van der Waals surface area (Å²) in [4.78, 5) is 26.8. The molecule has 0 aromatic carbocycles. The van der Waals surface area contributed by atoms with E-state index in [1.807, 2.05) is 17.9 Å². The van der Waals surface area contributed by atoms with E-state index in [1.165, 1.54) is 4.68 Å². The van der Waals surface area contributed by atoms with Crippen molar-refractivity contribution in [3.05, 3.63) is 34.5 Å². The molecular formula is C16H22N4O2. The summed E-state index contributed by atoms with van der Waals surface area (Å²) in [6.45, 7) is 7.71. The lowest BCUT2D eigenvalue weighted by molar-refractivity contribution is -0.134. The molecule has 0 N–H and O–H groups in total. The highest BCUT2D eigenvalue weighted by molar-refractivity contribution is 5.76. The molecule has 3 heterocycles. The summed E-state index contributed by atoms with van der Waals surface area (Å²) >= 11 is 0. The van der Waals surface area contributed by atoms with Crippen LogP contribution in [0.2, 0.25) is 0 Å². The molecule has 3 rings (SSSR count). The van der Waals surface area contributed by atoms with Crippen molar-refractivity contribution < 1.29 is 4.79 Å². The van der Waals surface area contributed by atoms with Gasteiger partial charge in [-0.1, -0.05) is 13.8 Å². The zero-order valence-corrected chi connectivity index (χ0v) is 13.3. The third-order valence-electron chi connectivity index (χ3n) is 4.32. The van der Waals surface area contributed by atoms with Crippen molar-refractivity contribution in [2.45, 2.75) is 33.7 Å². The largest absolute Gasteiger partial charge is 0.341 e. The molecule has 0 unspecified atom stereocenters. The molecule has 0 saturated carbocycles. The minimum absolute atomic E-state index is 0.0147. The lowest BCUT2D eigenvalue weighted by Gasteiger charge is -2.35. The molecule has 1 fully saturated rings. The van der Waals surface area contributed by atoms with Crippen LogP contribution in [-0.2, 0) is 11.3 Å². The van der Waals surface area contributed by atoms with E-state index >= 15 is 0 Å². The maximum Gasteiger partial charge on any atom is 0.291 e. The predicted octanol–water partition coefficient (Wildman–Crippen LogP) is 1.31. The summed E-state index contributed by atoms with van der Waals surface area (Å²) < 4.78 is 3.03. The first-order valence-corrected chi connectivity index (χ1v) is 7.78. The maximum atomic E-state index is 12.5. The van der Waals surface area contributed by atoms with Gasteiger partial charge in [0.2, 0.25) is 5.91 Å². The van der Waals surface area contributed by atoms with Crippen LogP contribution < -0.4 is 5.56 Å². The van der Waals surface area contributed by atoms with Crippen molar-refractivity contribution in [3.63, 3.8) is 0 Å². The number of aryl methyl sites for hydroxylation is 1. The van der Waals surface area contributed by atoms with Crippen molar-refractivity contribution in [1.82, 2.24) is 19.1 Å². The van der Waals surface area contributed by atoms with Gasteiger partial charge in [-0.3, -0.25) is 14.0 Å². The normalized spacial score (nSPS) is 22.2. The number of amides is 1. The number of piperidine rings is 1. The zero-order chi connectivity index (χ0) is 15.9. The number of likely N-dealkylation sites (tertiary alicyclic amines) is 1. The smallest absolute Gasteiger partial charge is 0.291 e. The van der Waals surface area contributed by atoms with Gasteiger partial charge < -0.3 is 4.90 Å². The lowest BCUT2D eigenvalue weighted by Crippen LogP contribution is -2.45. The first-order chi connectivity index (χ1) is 10.5. The number of fused-ring (bicyclic) bond motifs is 1. The molecule has 0 radical (unpaired) electrons. The van der Waals surface area contributed by atoms with E-state index in [2.05, 4.69) is 18.9 Å². The van der Waals surface area contributed by atoms with Crippen molar-refractivity contribution >= 4 is 11.4 Å². The van der Waals surface area contributed by atoms with Crippen molar-refractivity contribution in [2.24, 2.45) is 11.8 Å². The van der Waals surface area contributed by atoms with E-state index in [-0.39, 0.29) is 18.0 Å². The van der Waals surface area contributed by atoms with E-state index in [0.717, 1.165) is 19.5 Å². The number of carbonyl (C=O) groups is 1. The Bertz CT molecular complexity index is 751. The first-order valence-electron chi connectivity index (χ1n) is 7.78. The summed E-state index contributed by atoms with van der Waals surface area (Å²) in [5, 5.41) is 4.27. The molecule has 2 aromatic heterocycles. The monoisotopic (exact) mass is 302 g/mol. The maximum absolute atomic E-state index is 12.5. The second-order valence-electron chi connectivity index (χ2n) is 6.52. The van der Waals surface area contributed by atoms with Crippen LogP contribution >= 0.6 is 0 Å². The molecule has 1 aliphatic rings. The van der Waals surface area contributed by atoms with Crippen LogP contribution in [0.5, 0.6) is 0 Å². The quantitative estimate of drug-likeness (QED) is 0.840. The van der Waals surface area contributed by atoms with Crippen molar-refractivity contribution in [2.75, 3.05) is 13.1 Å². The Kier molecular flexibility index (Phi) is 3.76. The third-order valence-corrected chi connectivity index (χ3v) is 4.32. The van der Waals surface area contributed by atoms with Gasteiger partial charge in [0.15, 0.2) is 0 Å². The molecule has 0 spiro atoms. The molecule has 6 nitrogen and oxygen atoms in total. The van der Waals surface area contributed by atoms with E-state index in [9.17, 15) is 9.59 Å². The number of hydrogen-bond donors (Lipinski definition) is 0. The van der Waals surface area contributed by atoms with Gasteiger partial charge in [0, 0.05) is 19.3 Å². The Labute approximate surface area is 129 Å². The third kappa shape index (κ3) is 2.65. The fourth-order valence-electron chi connectivity index (χ4n) is 3.44. The average Bonchev–Trinajstić information content (AvgIpc) is 2.93. The summed E-state index contributed by atoms with van der Waals surface area (Å²) in [6, 6.07) is 3.56. The van der Waals surface area contributed by atoms with Crippen LogP contribution in [0.25, 0.3) is 5.52 Å². The summed E-state index contributed by atoms with van der Waals surface area (Å²) in [5.74, 6) is 1.69. The predicted molar refractivity (Wildman–Crippen MR) is 83.7 cm³/mol. The van der Waals surface area contributed by atoms with Crippen molar-refractivity contribution in [1.29, 1.82) is 0 Å². The molecule has 2 atom stereocenters. The Morgan fingerprint density at radius 1 is 1.32 bits per heavy atom. The first kappa shape index (κ1) is 14.8. The molecule has 1 aliphatic heterocycles. The van der Waals surface area contributed by atoms with Crippen LogP contribution in [0.3, 0.4) is 0 Å². The van der Waals surface area contributed by atoms with Crippen LogP contribution in [0.1, 0.15) is 26.1 Å². The summed E-state index contributed by atoms with van der Waals surface area (Å²) in [5.41, 5.74) is 0.336. The van der Waals surface area contributed by atoms with Crippen LogP contribution in [0, 0.1) is 18.8 Å². The molecule has 22 heavy (non-hydrogen) atoms. The summed E-state index contributed by atoms with van der Waals surface area (Å²) in [6.07, 6.45) is 2.95. The highest BCUT2D eigenvalue weighted by Crippen LogP contribution is 2.21. The molecule has 0 aliphatic carbocycles. The number of nitrogens with zero attached hydrogens (tertiary/aromatic N) is 4. The molecule has 118 valence electrons. The molecule has 0 bridgehead atoms. The van der Waals surface area contributed by atoms with Crippen molar-refractivity contribution in [3.8, 4) is 0 Å². The molecule has 1 saturated heterocycles. The van der Waals surface area contributed by atoms with Gasteiger partial charge in [0.25, 0.3) is 5.56 Å². The molecule has 2 aromatic rings. The number of rotatable bonds is 2. The van der Waals surface area contributed by atoms with Crippen LogP contribution in [0.4, 0.5) is 0 Å². The van der Waals surface area contributed by atoms with Gasteiger partial charge in [0.1, 0.15) is 17.9 Å². The highest BCUT2D eigenvalue weighted by atomic mass is 16.2. The average molecular weight is 302 g/mol. The van der Waals surface area contributed by atoms with Gasteiger partial charge >= 0.3 is 0 Å². The molecule has 6 heteroatoms. The zero-order valence-electron chi connectivity index (χ0n) is 13.3. The second-order valence-corrected chi connectivity index (χ2v) is 6.52. The van der Waals surface area contributed by atoms with Gasteiger partial charge in [-0.25, -0.2) is 4.68 Å². The number of hydrogen-bond acceptors (Lipinski definition) is 3. The van der Waals surface area contributed by atoms with Crippen LogP contribution in [-0.4, -0.2) is 38.1 Å². The fourth-order valence-corrected chi connectivity index (χ4v) is 3.44. The Morgan fingerprint density at radius 3 is 2.68 bits per heavy atom. The van der Waals surface area contributed by atoms with Gasteiger partial charge in [-0.15, -0.1) is 0 Å². The number of carbonyl (C=O) groups excluding carboxylic acids is 1. The standard InChI is InChI=1S/C16H22N4O2/c1-11-7-12(2)9-18(8-11)15(21)10-20-16(22)14-5-4-6-19(14)13(3)17-20/h4-6,11-12H,7-10H2,1-3H3/t11-,12+. The number of aromatic nitrogens is 3. The van der Waals surface area contributed by atoms with E-state index in [0.29, 0.717) is 23.2 Å². The van der Waals surface area contributed by atoms with Crippen LogP contribution in [0.15, 0.2) is 23.1 Å². The van der Waals surface area contributed by atoms with Gasteiger partial charge in [-0.2, -0.15) is 5.10 Å². The minimum Gasteiger partial charge on any atom is -0.341 e. The minimum atomic E-state index is -0.220. The summed E-state index contributed by atoms with van der Waals surface area (Å²) in [7, 11) is 0.